The van der Waals surface area contributed by atoms with Crippen LogP contribution in [0.3, 0.4) is 0 Å². The number of halogens is 2. The summed E-state index contributed by atoms with van der Waals surface area (Å²) in [5, 5.41) is 5.38. The number of hydrogen-bond donors (Lipinski definition) is 3. The van der Waals surface area contributed by atoms with E-state index in [1.54, 1.807) is 23.4 Å². The number of fused-ring (bicyclic) bond motifs is 2. The van der Waals surface area contributed by atoms with Crippen molar-refractivity contribution in [3.8, 4) is 10.7 Å². The van der Waals surface area contributed by atoms with Crippen molar-refractivity contribution in [2.45, 2.75) is 43.7 Å². The van der Waals surface area contributed by atoms with Gasteiger partial charge in [0.1, 0.15) is 11.9 Å². The van der Waals surface area contributed by atoms with Crippen molar-refractivity contribution in [1.29, 1.82) is 0 Å². The topological polar surface area (TPSA) is 116 Å². The van der Waals surface area contributed by atoms with E-state index in [1.807, 2.05) is 6.07 Å². The highest BCUT2D eigenvalue weighted by Crippen LogP contribution is 2.45. The normalized spacial score (nSPS) is 21.4. The molecule has 1 spiro atoms. The predicted molar refractivity (Wildman–Crippen MR) is 140 cm³/mol. The smallest absolute Gasteiger partial charge is 0.412 e. The number of likely N-dealkylation sites (tertiary alicyclic amines) is 1. The molecule has 3 aromatic rings. The Balaban J connectivity index is 1.24. The summed E-state index contributed by atoms with van der Waals surface area (Å²) in [6, 6.07) is 5.69. The highest BCUT2D eigenvalue weighted by molar-refractivity contribution is 7.17. The molecule has 3 amide bonds. The maximum absolute atomic E-state index is 15.2. The lowest BCUT2D eigenvalue weighted by Gasteiger charge is -2.45. The first kappa shape index (κ1) is 24.9. The number of hydrogen-bond acceptors (Lipinski definition) is 6. The van der Waals surface area contributed by atoms with E-state index in [-0.39, 0.29) is 34.6 Å². The van der Waals surface area contributed by atoms with Crippen LogP contribution < -0.4 is 10.6 Å². The first-order valence-corrected chi connectivity index (χ1v) is 13.7. The van der Waals surface area contributed by atoms with E-state index in [1.165, 1.54) is 23.5 Å². The summed E-state index contributed by atoms with van der Waals surface area (Å²) < 4.78 is 20.9. The van der Waals surface area contributed by atoms with E-state index in [4.69, 9.17) is 16.3 Å². The van der Waals surface area contributed by atoms with Gasteiger partial charge in [0, 0.05) is 18.9 Å². The van der Waals surface area contributed by atoms with Crippen molar-refractivity contribution in [2.75, 3.05) is 18.4 Å². The number of aromatic amines is 1. The van der Waals surface area contributed by atoms with E-state index in [0.717, 1.165) is 17.7 Å². The molecule has 1 aromatic carbocycles. The Morgan fingerprint density at radius 2 is 2.16 bits per heavy atom. The van der Waals surface area contributed by atoms with Crippen LogP contribution in [0.25, 0.3) is 10.7 Å². The summed E-state index contributed by atoms with van der Waals surface area (Å²) in [4.78, 5) is 49.5. The fraction of sp³-hybridized carbons (Fsp3) is 0.385. The molecule has 2 aliphatic heterocycles. The molecule has 9 nitrogen and oxygen atoms in total. The lowest BCUT2D eigenvalue weighted by molar-refractivity contribution is -0.141. The van der Waals surface area contributed by atoms with Gasteiger partial charge in [-0.15, -0.1) is 11.3 Å². The Hall–Kier alpha value is -3.44. The number of ether oxygens (including phenoxy) is 1. The molecule has 0 bridgehead atoms. The van der Waals surface area contributed by atoms with Gasteiger partial charge < -0.3 is 19.9 Å². The number of imidazole rings is 1. The Labute approximate surface area is 226 Å². The van der Waals surface area contributed by atoms with Crippen LogP contribution in [-0.4, -0.2) is 51.9 Å². The number of nitrogens with one attached hydrogen (secondary N) is 3. The van der Waals surface area contributed by atoms with E-state index in [0.29, 0.717) is 42.4 Å². The Kier molecular flexibility index (Phi) is 6.35. The molecule has 1 aliphatic carbocycles. The van der Waals surface area contributed by atoms with Crippen molar-refractivity contribution in [3.63, 3.8) is 0 Å². The number of rotatable bonds is 6. The number of carbonyl (C=O) groups excluding carboxylic acids is 3. The standard InChI is InChI=1S/C26H25ClFN5O4S/c27-15-4-5-16-20(21(15)28)26(37-25(36)32-16)8-1-11-33(13-26)24(35)17(12-14-2-3-14)31-23(34)19-7-6-18(38-19)22-29-9-10-30-22/h4-7,9-10,14,17H,1-3,8,11-13H2,(H,29,30)(H,31,34)(H,32,36)/t17-,26-/m0/s1. The zero-order valence-electron chi connectivity index (χ0n) is 20.3. The van der Waals surface area contributed by atoms with Crippen LogP contribution in [-0.2, 0) is 15.1 Å². The second-order valence-corrected chi connectivity index (χ2v) is 11.5. The molecule has 6 rings (SSSR count). The first-order chi connectivity index (χ1) is 18.3. The Bertz CT molecular complexity index is 1410. The minimum Gasteiger partial charge on any atom is -0.436 e. The monoisotopic (exact) mass is 557 g/mol. The van der Waals surface area contributed by atoms with Crippen LogP contribution in [0.1, 0.15) is 47.3 Å². The molecule has 12 heteroatoms. The van der Waals surface area contributed by atoms with Crippen molar-refractivity contribution in [1.82, 2.24) is 20.2 Å². The second-order valence-electron chi connectivity index (χ2n) is 9.96. The second kappa shape index (κ2) is 9.70. The van der Waals surface area contributed by atoms with Gasteiger partial charge in [0.2, 0.25) is 5.91 Å². The number of H-pyrrole nitrogens is 1. The summed E-state index contributed by atoms with van der Waals surface area (Å²) in [6.07, 6.45) is 6.01. The molecule has 2 atom stereocenters. The van der Waals surface area contributed by atoms with E-state index >= 15 is 4.39 Å². The maximum Gasteiger partial charge on any atom is 0.412 e. The zero-order valence-corrected chi connectivity index (χ0v) is 21.8. The largest absolute Gasteiger partial charge is 0.436 e. The number of nitrogens with zero attached hydrogens (tertiary/aromatic N) is 2. The number of thiophene rings is 1. The van der Waals surface area contributed by atoms with Crippen LogP contribution in [0, 0.1) is 11.7 Å². The van der Waals surface area contributed by atoms with Gasteiger partial charge in [-0.2, -0.15) is 0 Å². The van der Waals surface area contributed by atoms with Crippen LogP contribution in [0.2, 0.25) is 5.02 Å². The molecular weight excluding hydrogens is 533 g/mol. The Morgan fingerprint density at radius 3 is 2.92 bits per heavy atom. The maximum atomic E-state index is 15.2. The molecule has 1 saturated carbocycles. The van der Waals surface area contributed by atoms with E-state index in [9.17, 15) is 14.4 Å². The van der Waals surface area contributed by atoms with Crippen LogP contribution >= 0.6 is 22.9 Å². The molecule has 38 heavy (non-hydrogen) atoms. The first-order valence-electron chi connectivity index (χ1n) is 12.5. The lowest BCUT2D eigenvalue weighted by Crippen LogP contribution is -2.57. The number of carbonyl (C=O) groups is 3. The van der Waals surface area contributed by atoms with Gasteiger partial charge in [0.15, 0.2) is 11.4 Å². The average Bonchev–Trinajstić information content (AvgIpc) is 3.32. The molecule has 198 valence electrons. The number of benzene rings is 1. The van der Waals surface area contributed by atoms with E-state index in [2.05, 4.69) is 20.6 Å². The van der Waals surface area contributed by atoms with Gasteiger partial charge in [-0.25, -0.2) is 14.2 Å². The number of amides is 3. The third kappa shape index (κ3) is 4.64. The van der Waals surface area contributed by atoms with Gasteiger partial charge >= 0.3 is 6.09 Å². The number of aromatic nitrogens is 2. The minimum absolute atomic E-state index is 0.0256. The average molecular weight is 558 g/mol. The number of anilines is 1. The third-order valence-corrected chi connectivity index (χ3v) is 8.66. The molecule has 2 aromatic heterocycles. The van der Waals surface area contributed by atoms with Crippen LogP contribution in [0.4, 0.5) is 14.9 Å². The van der Waals surface area contributed by atoms with E-state index < -0.39 is 23.6 Å². The third-order valence-electron chi connectivity index (χ3n) is 7.27. The molecule has 1 saturated heterocycles. The highest BCUT2D eigenvalue weighted by Gasteiger charge is 2.49. The minimum atomic E-state index is -1.36. The van der Waals surface area contributed by atoms with Crippen LogP contribution in [0.5, 0.6) is 0 Å². The molecule has 3 N–H and O–H groups in total. The van der Waals surface area contributed by atoms with Crippen molar-refractivity contribution in [3.05, 3.63) is 57.9 Å². The zero-order chi connectivity index (χ0) is 26.4. The molecule has 0 unspecified atom stereocenters. The molecular formula is C26H25ClFN5O4S. The quantitative estimate of drug-likeness (QED) is 0.398. The van der Waals surface area contributed by atoms with Gasteiger partial charge in [0.25, 0.3) is 5.91 Å². The van der Waals surface area contributed by atoms with Gasteiger partial charge in [-0.05, 0) is 49.4 Å². The summed E-state index contributed by atoms with van der Waals surface area (Å²) in [5.74, 6) is -0.256. The fourth-order valence-electron chi connectivity index (χ4n) is 5.31. The summed E-state index contributed by atoms with van der Waals surface area (Å²) in [5.41, 5.74) is -0.931. The number of piperidine rings is 1. The van der Waals surface area contributed by atoms with Crippen molar-refractivity contribution in [2.24, 2.45) is 5.92 Å². The van der Waals surface area contributed by atoms with Crippen molar-refractivity contribution < 1.29 is 23.5 Å². The molecule has 0 radical (unpaired) electrons. The summed E-state index contributed by atoms with van der Waals surface area (Å²) in [7, 11) is 0. The summed E-state index contributed by atoms with van der Waals surface area (Å²) in [6.45, 7) is 0.379. The molecule has 2 fully saturated rings. The Morgan fingerprint density at radius 1 is 1.32 bits per heavy atom. The van der Waals surface area contributed by atoms with Gasteiger partial charge in [-0.3, -0.25) is 14.9 Å². The summed E-state index contributed by atoms with van der Waals surface area (Å²) >= 11 is 7.36. The predicted octanol–water partition coefficient (Wildman–Crippen LogP) is 4.91. The highest BCUT2D eigenvalue weighted by atomic mass is 35.5. The SMILES string of the molecule is O=C1Nc2ccc(Cl)c(F)c2[C@@]2(CCCN(C(=O)[C@H](CC3CC3)NC(=O)c3ccc(-c4ncc[nH]4)s3)C2)O1. The lowest BCUT2D eigenvalue weighted by atomic mass is 9.82. The van der Waals surface area contributed by atoms with Crippen molar-refractivity contribution >= 4 is 46.5 Å². The molecule has 4 heterocycles. The molecule has 3 aliphatic rings. The van der Waals surface area contributed by atoms with Gasteiger partial charge in [0.05, 0.1) is 32.6 Å². The van der Waals surface area contributed by atoms with Crippen LogP contribution in [0.15, 0.2) is 36.7 Å². The van der Waals surface area contributed by atoms with Gasteiger partial charge in [-0.1, -0.05) is 24.4 Å². The fourth-order valence-corrected chi connectivity index (χ4v) is 6.33.